The van der Waals surface area contributed by atoms with E-state index in [1.807, 2.05) is 0 Å². The first-order valence-electron chi connectivity index (χ1n) is 8.67. The molecule has 0 spiro atoms. The molecule has 0 aromatic heterocycles. The van der Waals surface area contributed by atoms with Crippen LogP contribution in [0.5, 0.6) is 0 Å². The zero-order chi connectivity index (χ0) is 16.5. The van der Waals surface area contributed by atoms with Gasteiger partial charge in [-0.2, -0.15) is 0 Å². The molecular weight excluding hydrogens is 320 g/mol. The van der Waals surface area contributed by atoms with Gasteiger partial charge in [-0.3, -0.25) is 0 Å². The maximum Gasteiger partial charge on any atom is 0.104 e. The highest BCUT2D eigenvalue weighted by atomic mass is 16.6. The molecule has 0 saturated carbocycles. The molecule has 4 aliphatic rings. The topological polar surface area (TPSA) is 87.0 Å². The molecule has 0 aliphatic carbocycles. The van der Waals surface area contributed by atoms with Gasteiger partial charge in [-0.25, -0.2) is 0 Å². The van der Waals surface area contributed by atoms with Crippen LogP contribution in [-0.4, -0.2) is 104 Å². The van der Waals surface area contributed by atoms with Crippen LogP contribution in [-0.2, 0) is 37.9 Å². The number of hydrogen-bond donors (Lipinski definition) is 0. The summed E-state index contributed by atoms with van der Waals surface area (Å²) in [5.74, 6) is 0. The summed E-state index contributed by atoms with van der Waals surface area (Å²) in [5.41, 5.74) is 0. The van der Waals surface area contributed by atoms with E-state index in [1.54, 1.807) is 0 Å². The van der Waals surface area contributed by atoms with Gasteiger partial charge in [0.15, 0.2) is 0 Å². The van der Waals surface area contributed by atoms with Crippen LogP contribution in [0.2, 0.25) is 0 Å². The molecule has 24 heavy (non-hydrogen) atoms. The van der Waals surface area contributed by atoms with Gasteiger partial charge in [0.2, 0.25) is 0 Å². The minimum absolute atomic E-state index is 0.340. The van der Waals surface area contributed by atoms with Gasteiger partial charge in [-0.15, -0.1) is 0 Å². The van der Waals surface area contributed by atoms with Crippen molar-refractivity contribution in [2.24, 2.45) is 0 Å². The standard InChI is InChI=1S/C10H18O5.C6H10O3/c1(3-12-5-9-7-14-9)11-2-4-13-6-10-8-15-10;1(5-3-8-5)7-2-6-4-9-6/h9-10H,1-8H2;5-6H,1-4H2. The van der Waals surface area contributed by atoms with E-state index >= 15 is 0 Å². The summed E-state index contributed by atoms with van der Waals surface area (Å²) in [4.78, 5) is 0. The lowest BCUT2D eigenvalue weighted by Gasteiger charge is -2.05. The van der Waals surface area contributed by atoms with Crippen molar-refractivity contribution >= 4 is 0 Å². The van der Waals surface area contributed by atoms with E-state index in [0.717, 1.165) is 39.6 Å². The Balaban J connectivity index is 0.000000159. The van der Waals surface area contributed by atoms with E-state index in [-0.39, 0.29) is 0 Å². The number of ether oxygens (including phenoxy) is 8. The van der Waals surface area contributed by atoms with Crippen molar-refractivity contribution in [1.29, 1.82) is 0 Å². The molecular formula is C16H28O8. The lowest BCUT2D eigenvalue weighted by atomic mass is 10.5. The second-order valence-electron chi connectivity index (χ2n) is 6.12. The van der Waals surface area contributed by atoms with E-state index < -0.39 is 0 Å². The third-order valence-electron chi connectivity index (χ3n) is 3.57. The Kier molecular flexibility index (Phi) is 8.17. The molecule has 4 heterocycles. The van der Waals surface area contributed by atoms with E-state index in [9.17, 15) is 0 Å². The largest absolute Gasteiger partial charge is 0.377 e. The maximum atomic E-state index is 5.31. The summed E-state index contributed by atoms with van der Waals surface area (Å²) in [6, 6.07) is 0. The van der Waals surface area contributed by atoms with Crippen LogP contribution in [0.15, 0.2) is 0 Å². The molecule has 4 fully saturated rings. The maximum absolute atomic E-state index is 5.31. The average molecular weight is 348 g/mol. The molecule has 4 saturated heterocycles. The average Bonchev–Trinajstić information content (AvgIpc) is 3.44. The van der Waals surface area contributed by atoms with Crippen LogP contribution in [0.3, 0.4) is 0 Å². The Labute approximate surface area is 142 Å². The fourth-order valence-corrected chi connectivity index (χ4v) is 1.76. The normalized spacial score (nSPS) is 32.0. The molecule has 0 aromatic rings. The molecule has 0 aromatic carbocycles. The predicted molar refractivity (Wildman–Crippen MR) is 82.2 cm³/mol. The zero-order valence-electron chi connectivity index (χ0n) is 14.1. The van der Waals surface area contributed by atoms with Gasteiger partial charge < -0.3 is 37.9 Å². The summed E-state index contributed by atoms with van der Waals surface area (Å²) in [6.45, 7) is 8.84. The third kappa shape index (κ3) is 10.5. The Morgan fingerprint density at radius 2 is 0.750 bits per heavy atom. The highest BCUT2D eigenvalue weighted by Gasteiger charge is 2.26. The van der Waals surface area contributed by atoms with Gasteiger partial charge >= 0.3 is 0 Å². The van der Waals surface area contributed by atoms with E-state index in [0.29, 0.717) is 64.1 Å². The molecule has 4 aliphatic heterocycles. The summed E-state index contributed by atoms with van der Waals surface area (Å²) in [6.07, 6.45) is 1.46. The SMILES string of the molecule is C(COCC1CO1)OCCOCC1CO1.C(OCC1CO1)C1CO1. The summed E-state index contributed by atoms with van der Waals surface area (Å²) < 4.78 is 41.0. The molecule has 4 unspecified atom stereocenters. The summed E-state index contributed by atoms with van der Waals surface area (Å²) in [7, 11) is 0. The Hall–Kier alpha value is -0.320. The molecule has 140 valence electrons. The van der Waals surface area contributed by atoms with Crippen molar-refractivity contribution in [3.63, 3.8) is 0 Å². The second kappa shape index (κ2) is 10.6. The highest BCUT2D eigenvalue weighted by molar-refractivity contribution is 4.71. The lowest BCUT2D eigenvalue weighted by Crippen LogP contribution is -2.12. The summed E-state index contributed by atoms with van der Waals surface area (Å²) in [5, 5.41) is 0. The quantitative estimate of drug-likeness (QED) is 0.311. The van der Waals surface area contributed by atoms with E-state index in [1.165, 1.54) is 0 Å². The van der Waals surface area contributed by atoms with E-state index in [2.05, 4.69) is 0 Å². The number of epoxide rings is 4. The van der Waals surface area contributed by atoms with Gasteiger partial charge in [0.25, 0.3) is 0 Å². The van der Waals surface area contributed by atoms with Gasteiger partial charge in [0.1, 0.15) is 24.4 Å². The first-order chi connectivity index (χ1) is 11.9. The van der Waals surface area contributed by atoms with Crippen molar-refractivity contribution in [3.8, 4) is 0 Å². The minimum atomic E-state index is 0.340. The van der Waals surface area contributed by atoms with Crippen molar-refractivity contribution < 1.29 is 37.9 Å². The molecule has 0 radical (unpaired) electrons. The molecule has 8 nitrogen and oxygen atoms in total. The Bertz CT molecular complexity index is 296. The van der Waals surface area contributed by atoms with Crippen LogP contribution in [0.4, 0.5) is 0 Å². The molecule has 8 heteroatoms. The van der Waals surface area contributed by atoms with Gasteiger partial charge in [0.05, 0.1) is 79.3 Å². The summed E-state index contributed by atoms with van der Waals surface area (Å²) >= 11 is 0. The van der Waals surface area contributed by atoms with E-state index in [4.69, 9.17) is 37.9 Å². The Morgan fingerprint density at radius 1 is 0.458 bits per heavy atom. The second-order valence-corrected chi connectivity index (χ2v) is 6.12. The smallest absolute Gasteiger partial charge is 0.104 e. The van der Waals surface area contributed by atoms with Crippen LogP contribution in [0.1, 0.15) is 0 Å². The van der Waals surface area contributed by atoms with Crippen molar-refractivity contribution in [1.82, 2.24) is 0 Å². The van der Waals surface area contributed by atoms with Crippen LogP contribution in [0, 0.1) is 0 Å². The van der Waals surface area contributed by atoms with Crippen molar-refractivity contribution in [2.45, 2.75) is 24.4 Å². The monoisotopic (exact) mass is 348 g/mol. The fourth-order valence-electron chi connectivity index (χ4n) is 1.76. The van der Waals surface area contributed by atoms with Crippen molar-refractivity contribution in [2.75, 3.05) is 79.3 Å². The van der Waals surface area contributed by atoms with Gasteiger partial charge in [0, 0.05) is 0 Å². The highest BCUT2D eigenvalue weighted by Crippen LogP contribution is 2.12. The molecule has 0 bridgehead atoms. The molecule has 0 amide bonds. The molecule has 0 N–H and O–H groups in total. The zero-order valence-corrected chi connectivity index (χ0v) is 14.1. The third-order valence-corrected chi connectivity index (χ3v) is 3.57. The molecule has 4 atom stereocenters. The van der Waals surface area contributed by atoms with Gasteiger partial charge in [-0.1, -0.05) is 0 Å². The van der Waals surface area contributed by atoms with Crippen molar-refractivity contribution in [3.05, 3.63) is 0 Å². The fraction of sp³-hybridized carbons (Fsp3) is 1.00. The van der Waals surface area contributed by atoms with Crippen LogP contribution < -0.4 is 0 Å². The van der Waals surface area contributed by atoms with Crippen LogP contribution >= 0.6 is 0 Å². The predicted octanol–water partition coefficient (Wildman–Crippen LogP) is -0.366. The van der Waals surface area contributed by atoms with Gasteiger partial charge in [-0.05, 0) is 0 Å². The number of hydrogen-bond acceptors (Lipinski definition) is 8. The Morgan fingerprint density at radius 3 is 1.08 bits per heavy atom. The lowest BCUT2D eigenvalue weighted by molar-refractivity contribution is 0.00937. The molecule has 4 rings (SSSR count). The van der Waals surface area contributed by atoms with Crippen LogP contribution in [0.25, 0.3) is 0 Å². The first kappa shape index (κ1) is 18.5. The minimum Gasteiger partial charge on any atom is -0.377 e. The number of rotatable bonds is 14. The first-order valence-corrected chi connectivity index (χ1v) is 8.67.